The van der Waals surface area contributed by atoms with E-state index in [9.17, 15) is 14.4 Å². The van der Waals surface area contributed by atoms with Crippen molar-refractivity contribution >= 4 is 40.2 Å². The standard InChI is InChI=1S/C25H21NO7/c1-31-19-5-3-4-14(25(19)32-2)12-15-6-8-18-23(30)17-9-7-16(13-20(17)33-24(15)18)26-21(27)10-11-22(28)29/h3-5,7,9-13H,6,8H2,1-2H3,(H,26,27)(H,28,29). The minimum absolute atomic E-state index is 0.115. The van der Waals surface area contributed by atoms with E-state index in [1.165, 1.54) is 0 Å². The summed E-state index contributed by atoms with van der Waals surface area (Å²) in [5.74, 6) is -0.138. The Labute approximate surface area is 188 Å². The maximum absolute atomic E-state index is 13.1. The Kier molecular flexibility index (Phi) is 5.99. The lowest BCUT2D eigenvalue weighted by Gasteiger charge is -2.11. The van der Waals surface area contributed by atoms with E-state index in [0.29, 0.717) is 52.3 Å². The summed E-state index contributed by atoms with van der Waals surface area (Å²) in [5.41, 5.74) is 2.85. The topological polar surface area (TPSA) is 115 Å². The Hall–Kier alpha value is -4.33. The van der Waals surface area contributed by atoms with E-state index in [2.05, 4.69) is 5.32 Å². The number of para-hydroxylation sites is 1. The number of allylic oxidation sites excluding steroid dienone is 1. The molecule has 8 heteroatoms. The van der Waals surface area contributed by atoms with Crippen molar-refractivity contribution in [2.45, 2.75) is 12.8 Å². The second kappa shape index (κ2) is 9.04. The number of carbonyl (C=O) groups excluding carboxylic acids is 1. The molecule has 0 radical (unpaired) electrons. The van der Waals surface area contributed by atoms with Crippen LogP contribution in [0.15, 0.2) is 57.8 Å². The first-order valence-electron chi connectivity index (χ1n) is 10.1. The van der Waals surface area contributed by atoms with Crippen LogP contribution in [0, 0.1) is 0 Å². The van der Waals surface area contributed by atoms with Gasteiger partial charge in [-0.05, 0) is 42.7 Å². The number of nitrogens with one attached hydrogen (secondary N) is 1. The van der Waals surface area contributed by atoms with Gasteiger partial charge in [0.1, 0.15) is 11.3 Å². The summed E-state index contributed by atoms with van der Waals surface area (Å²) in [6.07, 6.45) is 4.77. The van der Waals surface area contributed by atoms with Gasteiger partial charge in [0.05, 0.1) is 19.6 Å². The molecule has 168 valence electrons. The molecule has 0 fully saturated rings. The van der Waals surface area contributed by atoms with Crippen LogP contribution in [0.25, 0.3) is 22.6 Å². The Morgan fingerprint density at radius 3 is 2.64 bits per heavy atom. The minimum Gasteiger partial charge on any atom is -0.493 e. The molecule has 0 spiro atoms. The molecular weight excluding hydrogens is 426 g/mol. The highest BCUT2D eigenvalue weighted by Crippen LogP contribution is 2.38. The van der Waals surface area contributed by atoms with Gasteiger partial charge in [-0.15, -0.1) is 0 Å². The van der Waals surface area contributed by atoms with Gasteiger partial charge in [0, 0.05) is 35.0 Å². The zero-order valence-electron chi connectivity index (χ0n) is 18.0. The van der Waals surface area contributed by atoms with Crippen molar-refractivity contribution in [3.63, 3.8) is 0 Å². The summed E-state index contributed by atoms with van der Waals surface area (Å²) in [6, 6.07) is 10.3. The lowest BCUT2D eigenvalue weighted by atomic mass is 10.1. The number of methoxy groups -OCH3 is 2. The van der Waals surface area contributed by atoms with Crippen LogP contribution in [0.5, 0.6) is 11.5 Å². The first kappa shape index (κ1) is 21.9. The fraction of sp³-hybridized carbons (Fsp3) is 0.160. The van der Waals surface area contributed by atoms with Crippen molar-refractivity contribution in [2.24, 2.45) is 0 Å². The molecule has 1 aliphatic carbocycles. The first-order chi connectivity index (χ1) is 15.9. The van der Waals surface area contributed by atoms with Crippen molar-refractivity contribution in [3.8, 4) is 11.5 Å². The number of fused-ring (bicyclic) bond motifs is 2. The molecular formula is C25H21NO7. The van der Waals surface area contributed by atoms with Crippen molar-refractivity contribution in [1.29, 1.82) is 0 Å². The number of anilines is 1. The largest absolute Gasteiger partial charge is 0.493 e. The first-order valence-corrected chi connectivity index (χ1v) is 10.1. The fourth-order valence-corrected chi connectivity index (χ4v) is 3.85. The second-order valence-corrected chi connectivity index (χ2v) is 7.36. The summed E-state index contributed by atoms with van der Waals surface area (Å²) < 4.78 is 17.0. The van der Waals surface area contributed by atoms with E-state index in [0.717, 1.165) is 23.3 Å². The molecule has 3 aromatic rings. The van der Waals surface area contributed by atoms with Crippen molar-refractivity contribution in [1.82, 2.24) is 0 Å². The lowest BCUT2D eigenvalue weighted by Crippen LogP contribution is -2.11. The summed E-state index contributed by atoms with van der Waals surface area (Å²) in [7, 11) is 3.14. The number of aliphatic carboxylic acids is 1. The molecule has 0 saturated heterocycles. The third kappa shape index (κ3) is 4.36. The van der Waals surface area contributed by atoms with Crippen molar-refractivity contribution in [2.75, 3.05) is 19.5 Å². The highest BCUT2D eigenvalue weighted by atomic mass is 16.5. The maximum Gasteiger partial charge on any atom is 0.328 e. The fourth-order valence-electron chi connectivity index (χ4n) is 3.85. The zero-order chi connectivity index (χ0) is 23.5. The Balaban J connectivity index is 1.75. The SMILES string of the molecule is COc1cccc(C=C2CCc3c2oc2cc(NC(=O)C=CC(=O)O)ccc2c3=O)c1OC. The average Bonchev–Trinajstić information content (AvgIpc) is 3.20. The van der Waals surface area contributed by atoms with Crippen LogP contribution < -0.4 is 20.2 Å². The van der Waals surface area contributed by atoms with Gasteiger partial charge in [-0.25, -0.2) is 4.79 Å². The average molecular weight is 447 g/mol. The molecule has 4 rings (SSSR count). The number of carboxylic acids is 1. The quantitative estimate of drug-likeness (QED) is 0.551. The zero-order valence-corrected chi connectivity index (χ0v) is 18.0. The van der Waals surface area contributed by atoms with Crippen LogP contribution >= 0.6 is 0 Å². The van der Waals surface area contributed by atoms with E-state index >= 15 is 0 Å². The van der Waals surface area contributed by atoms with Crippen LogP contribution in [-0.2, 0) is 16.0 Å². The van der Waals surface area contributed by atoms with E-state index < -0.39 is 11.9 Å². The van der Waals surface area contributed by atoms with Gasteiger partial charge >= 0.3 is 5.97 Å². The highest BCUT2D eigenvalue weighted by Gasteiger charge is 2.24. The molecule has 1 aliphatic rings. The molecule has 1 aromatic heterocycles. The molecule has 8 nitrogen and oxygen atoms in total. The number of hydrogen-bond acceptors (Lipinski definition) is 6. The molecule has 0 aliphatic heterocycles. The maximum atomic E-state index is 13.1. The Bertz CT molecular complexity index is 1380. The molecule has 33 heavy (non-hydrogen) atoms. The number of rotatable bonds is 6. The molecule has 0 atom stereocenters. The highest BCUT2D eigenvalue weighted by molar-refractivity contribution is 6.03. The number of hydrogen-bond donors (Lipinski definition) is 2. The summed E-state index contributed by atoms with van der Waals surface area (Å²) in [5, 5.41) is 11.6. The van der Waals surface area contributed by atoms with E-state index in [1.54, 1.807) is 38.5 Å². The van der Waals surface area contributed by atoms with Gasteiger partial charge in [0.15, 0.2) is 16.9 Å². The molecule has 2 N–H and O–H groups in total. The van der Waals surface area contributed by atoms with Gasteiger partial charge in [0.25, 0.3) is 0 Å². The van der Waals surface area contributed by atoms with Crippen LogP contribution in [0.2, 0.25) is 0 Å². The number of carboxylic acid groups (broad SMARTS) is 1. The molecule has 2 aromatic carbocycles. The number of benzene rings is 2. The van der Waals surface area contributed by atoms with E-state index in [1.807, 2.05) is 18.2 Å². The predicted octanol–water partition coefficient (Wildman–Crippen LogP) is 3.88. The normalized spacial score (nSPS) is 13.9. The Morgan fingerprint density at radius 1 is 1.09 bits per heavy atom. The van der Waals surface area contributed by atoms with Gasteiger partial charge in [-0.1, -0.05) is 12.1 Å². The van der Waals surface area contributed by atoms with Gasteiger partial charge in [0.2, 0.25) is 5.91 Å². The third-order valence-electron chi connectivity index (χ3n) is 5.33. The Morgan fingerprint density at radius 2 is 1.91 bits per heavy atom. The van der Waals surface area contributed by atoms with Gasteiger partial charge < -0.3 is 24.3 Å². The van der Waals surface area contributed by atoms with Gasteiger partial charge in [-0.2, -0.15) is 0 Å². The number of amides is 1. The van der Waals surface area contributed by atoms with E-state index in [4.69, 9.17) is 19.0 Å². The molecule has 1 heterocycles. The third-order valence-corrected chi connectivity index (χ3v) is 5.33. The van der Waals surface area contributed by atoms with Crippen LogP contribution in [0.3, 0.4) is 0 Å². The van der Waals surface area contributed by atoms with Crippen LogP contribution in [0.4, 0.5) is 5.69 Å². The summed E-state index contributed by atoms with van der Waals surface area (Å²) in [6.45, 7) is 0. The van der Waals surface area contributed by atoms with E-state index in [-0.39, 0.29) is 5.43 Å². The molecule has 0 bridgehead atoms. The number of carbonyl (C=O) groups is 2. The van der Waals surface area contributed by atoms with Crippen LogP contribution in [0.1, 0.15) is 23.3 Å². The van der Waals surface area contributed by atoms with Crippen LogP contribution in [-0.4, -0.2) is 31.2 Å². The smallest absolute Gasteiger partial charge is 0.328 e. The lowest BCUT2D eigenvalue weighted by molar-refractivity contribution is -0.131. The van der Waals surface area contributed by atoms with Crippen molar-refractivity contribution in [3.05, 3.63) is 75.7 Å². The minimum atomic E-state index is -1.22. The van der Waals surface area contributed by atoms with Gasteiger partial charge in [-0.3, -0.25) is 9.59 Å². The summed E-state index contributed by atoms with van der Waals surface area (Å²) in [4.78, 5) is 35.5. The van der Waals surface area contributed by atoms with Crippen molar-refractivity contribution < 1.29 is 28.6 Å². The monoisotopic (exact) mass is 447 g/mol. The number of ether oxygens (including phenoxy) is 2. The molecule has 1 amide bonds. The molecule has 0 saturated carbocycles. The summed E-state index contributed by atoms with van der Waals surface area (Å²) >= 11 is 0. The molecule has 0 unspecified atom stereocenters. The second-order valence-electron chi connectivity index (χ2n) is 7.36. The predicted molar refractivity (Wildman–Crippen MR) is 124 cm³/mol.